The number of hydrogen-bond donors (Lipinski definition) is 1. The van der Waals surface area contributed by atoms with Gasteiger partial charge in [-0.2, -0.15) is 0 Å². The third-order valence-electron chi connectivity index (χ3n) is 5.19. The molecule has 9 heteroatoms. The van der Waals surface area contributed by atoms with Crippen LogP contribution in [0.15, 0.2) is 70.3 Å². The van der Waals surface area contributed by atoms with Crippen LogP contribution in [-0.4, -0.2) is 35.8 Å². The molecule has 0 aliphatic rings. The zero-order chi connectivity index (χ0) is 23.6. The number of halogens is 1. The van der Waals surface area contributed by atoms with E-state index in [1.807, 2.05) is 25.2 Å². The molecule has 7 nitrogen and oxygen atoms in total. The molecular weight excluding hydrogens is 460 g/mol. The highest BCUT2D eigenvalue weighted by atomic mass is 35.5. The fraction of sp³-hybridized carbons (Fsp3) is 0.208. The first-order valence-electron chi connectivity index (χ1n) is 10.4. The number of nitrogens with zero attached hydrogens (tertiary/aromatic N) is 3. The van der Waals surface area contributed by atoms with Crippen molar-refractivity contribution >= 4 is 21.4 Å². The van der Waals surface area contributed by atoms with E-state index in [1.165, 1.54) is 0 Å². The van der Waals surface area contributed by atoms with E-state index in [9.17, 15) is 8.42 Å². The van der Waals surface area contributed by atoms with Gasteiger partial charge in [-0.25, -0.2) is 13.4 Å². The lowest BCUT2D eigenvalue weighted by Crippen LogP contribution is -2.13. The SMILES string of the molecule is CNCc1ccc(-c2cc(-c3cncc(-c4ccc(S(=O)(=O)C(C)C)cc4)n3)on2)c(Cl)c1. The second kappa shape index (κ2) is 9.43. The average molecular weight is 483 g/mol. The summed E-state index contributed by atoms with van der Waals surface area (Å²) in [4.78, 5) is 9.17. The number of benzene rings is 2. The smallest absolute Gasteiger partial charge is 0.187 e. The van der Waals surface area contributed by atoms with E-state index in [-0.39, 0.29) is 4.90 Å². The summed E-state index contributed by atoms with van der Waals surface area (Å²) < 4.78 is 30.2. The second-order valence-electron chi connectivity index (χ2n) is 7.83. The molecule has 1 N–H and O–H groups in total. The lowest BCUT2D eigenvalue weighted by atomic mass is 10.1. The third kappa shape index (κ3) is 4.83. The fourth-order valence-electron chi connectivity index (χ4n) is 3.31. The van der Waals surface area contributed by atoms with Gasteiger partial charge in [0, 0.05) is 23.7 Å². The van der Waals surface area contributed by atoms with E-state index in [0.29, 0.717) is 27.9 Å². The van der Waals surface area contributed by atoms with Gasteiger partial charge in [0.1, 0.15) is 11.4 Å². The molecule has 4 rings (SSSR count). The van der Waals surface area contributed by atoms with Gasteiger partial charge in [-0.05, 0) is 44.7 Å². The monoisotopic (exact) mass is 482 g/mol. The topological polar surface area (TPSA) is 98.0 Å². The molecule has 0 aliphatic heterocycles. The van der Waals surface area contributed by atoms with Crippen molar-refractivity contribution in [2.45, 2.75) is 30.5 Å². The number of nitrogens with one attached hydrogen (secondary N) is 1. The van der Waals surface area contributed by atoms with Crippen molar-refractivity contribution in [3.05, 3.63) is 71.5 Å². The zero-order valence-electron chi connectivity index (χ0n) is 18.4. The second-order valence-corrected chi connectivity index (χ2v) is 10.7. The maximum absolute atomic E-state index is 12.4. The first-order valence-corrected chi connectivity index (χ1v) is 12.3. The number of sulfone groups is 1. The summed E-state index contributed by atoms with van der Waals surface area (Å²) in [6, 6.07) is 14.2. The van der Waals surface area contributed by atoms with Gasteiger partial charge >= 0.3 is 0 Å². The van der Waals surface area contributed by atoms with Crippen LogP contribution in [0.25, 0.3) is 34.0 Å². The van der Waals surface area contributed by atoms with Crippen LogP contribution < -0.4 is 5.32 Å². The van der Waals surface area contributed by atoms with E-state index in [0.717, 1.165) is 23.2 Å². The molecule has 0 unspecified atom stereocenters. The molecule has 4 aromatic rings. The van der Waals surface area contributed by atoms with Gasteiger partial charge in [0.2, 0.25) is 0 Å². The van der Waals surface area contributed by atoms with Crippen LogP contribution in [0.2, 0.25) is 5.02 Å². The number of aromatic nitrogens is 3. The molecule has 0 saturated carbocycles. The van der Waals surface area contributed by atoms with E-state index in [2.05, 4.69) is 20.4 Å². The lowest BCUT2D eigenvalue weighted by molar-refractivity contribution is 0.433. The van der Waals surface area contributed by atoms with Crippen LogP contribution >= 0.6 is 11.6 Å². The largest absolute Gasteiger partial charge is 0.354 e. The predicted octanol–water partition coefficient (Wildman–Crippen LogP) is 5.02. The molecular formula is C24H23ClN4O3S. The third-order valence-corrected chi connectivity index (χ3v) is 7.67. The minimum Gasteiger partial charge on any atom is -0.354 e. The van der Waals surface area contributed by atoms with Crippen LogP contribution in [0.5, 0.6) is 0 Å². The van der Waals surface area contributed by atoms with E-state index >= 15 is 0 Å². The molecule has 170 valence electrons. The summed E-state index contributed by atoms with van der Waals surface area (Å²) in [5, 5.41) is 7.34. The number of hydrogen-bond acceptors (Lipinski definition) is 7. The Hall–Kier alpha value is -3.07. The Labute approximate surface area is 197 Å². The maximum Gasteiger partial charge on any atom is 0.187 e. The maximum atomic E-state index is 12.4. The Kier molecular flexibility index (Phi) is 6.60. The van der Waals surface area contributed by atoms with Gasteiger partial charge in [0.25, 0.3) is 0 Å². The highest BCUT2D eigenvalue weighted by molar-refractivity contribution is 7.92. The van der Waals surface area contributed by atoms with Crippen molar-refractivity contribution in [1.29, 1.82) is 0 Å². The quantitative estimate of drug-likeness (QED) is 0.395. The van der Waals surface area contributed by atoms with Crippen LogP contribution in [0, 0.1) is 0 Å². The zero-order valence-corrected chi connectivity index (χ0v) is 20.0. The molecule has 33 heavy (non-hydrogen) atoms. The van der Waals surface area contributed by atoms with Gasteiger partial charge in [0.05, 0.1) is 33.3 Å². The summed E-state index contributed by atoms with van der Waals surface area (Å²) in [6.45, 7) is 4.04. The van der Waals surface area contributed by atoms with Crippen molar-refractivity contribution in [3.8, 4) is 34.0 Å². The summed E-state index contributed by atoms with van der Waals surface area (Å²) >= 11 is 6.44. The van der Waals surface area contributed by atoms with E-state index in [1.54, 1.807) is 56.6 Å². The highest BCUT2D eigenvalue weighted by Gasteiger charge is 2.19. The van der Waals surface area contributed by atoms with Crippen molar-refractivity contribution in [2.75, 3.05) is 7.05 Å². The fourth-order valence-corrected chi connectivity index (χ4v) is 4.67. The molecule has 2 aromatic heterocycles. The van der Waals surface area contributed by atoms with Gasteiger partial charge in [0.15, 0.2) is 15.6 Å². The summed E-state index contributed by atoms with van der Waals surface area (Å²) in [7, 11) is -1.46. The van der Waals surface area contributed by atoms with Crippen molar-refractivity contribution in [1.82, 2.24) is 20.4 Å². The normalized spacial score (nSPS) is 11.8. The minimum absolute atomic E-state index is 0.280. The first kappa shape index (κ1) is 23.1. The standard InChI is InChI=1S/C24H23ClN4O3S/c1-15(2)33(30,31)18-7-5-17(6-8-18)22-13-27-14-23(28-22)24-11-21(29-32-24)19-9-4-16(12-26-3)10-20(19)25/h4-11,13-15,26H,12H2,1-3H3. The Morgan fingerprint density at radius 3 is 2.39 bits per heavy atom. The predicted molar refractivity (Wildman–Crippen MR) is 128 cm³/mol. The Bertz CT molecular complexity index is 1380. The van der Waals surface area contributed by atoms with Gasteiger partial charge in [-0.1, -0.05) is 41.0 Å². The molecule has 0 spiro atoms. The molecule has 2 heterocycles. The van der Waals surface area contributed by atoms with Crippen LogP contribution in [-0.2, 0) is 16.4 Å². The van der Waals surface area contributed by atoms with E-state index in [4.69, 9.17) is 16.1 Å². The van der Waals surface area contributed by atoms with Crippen LogP contribution in [0.4, 0.5) is 0 Å². The Morgan fingerprint density at radius 2 is 1.73 bits per heavy atom. The average Bonchev–Trinajstić information content (AvgIpc) is 3.29. The van der Waals surface area contributed by atoms with Gasteiger partial charge in [-0.15, -0.1) is 0 Å². The molecule has 0 aliphatic carbocycles. The van der Waals surface area contributed by atoms with Gasteiger partial charge < -0.3 is 9.84 Å². The summed E-state index contributed by atoms with van der Waals surface area (Å²) in [6.07, 6.45) is 3.20. The molecule has 0 radical (unpaired) electrons. The first-order chi connectivity index (χ1) is 15.8. The Morgan fingerprint density at radius 1 is 1.00 bits per heavy atom. The summed E-state index contributed by atoms with van der Waals surface area (Å²) in [5.74, 6) is 0.453. The van der Waals surface area contributed by atoms with Crippen LogP contribution in [0.1, 0.15) is 19.4 Å². The van der Waals surface area contributed by atoms with Crippen molar-refractivity contribution in [2.24, 2.45) is 0 Å². The molecule has 0 amide bonds. The Balaban J connectivity index is 1.61. The highest BCUT2D eigenvalue weighted by Crippen LogP contribution is 2.31. The minimum atomic E-state index is -3.33. The molecule has 0 bridgehead atoms. The lowest BCUT2D eigenvalue weighted by Gasteiger charge is -2.08. The number of rotatable bonds is 7. The van der Waals surface area contributed by atoms with Crippen LogP contribution in [0.3, 0.4) is 0 Å². The molecule has 2 aromatic carbocycles. The van der Waals surface area contributed by atoms with Gasteiger partial charge in [-0.3, -0.25) is 4.98 Å². The van der Waals surface area contributed by atoms with E-state index < -0.39 is 15.1 Å². The molecule has 0 saturated heterocycles. The van der Waals surface area contributed by atoms with Crippen molar-refractivity contribution < 1.29 is 12.9 Å². The van der Waals surface area contributed by atoms with Crippen molar-refractivity contribution in [3.63, 3.8) is 0 Å². The molecule has 0 fully saturated rings. The summed E-state index contributed by atoms with van der Waals surface area (Å²) in [5.41, 5.74) is 4.27. The molecule has 0 atom stereocenters.